The van der Waals surface area contributed by atoms with Crippen LogP contribution in [0.5, 0.6) is 0 Å². The first-order valence-electron chi connectivity index (χ1n) is 17.3. The van der Waals surface area contributed by atoms with E-state index in [1.807, 2.05) is 0 Å². The van der Waals surface area contributed by atoms with Crippen LogP contribution in [0, 0.1) is 0 Å². The highest BCUT2D eigenvalue weighted by Crippen LogP contribution is 2.54. The summed E-state index contributed by atoms with van der Waals surface area (Å²) in [4.78, 5) is 0. The Kier molecular flexibility index (Phi) is 7.61. The van der Waals surface area contributed by atoms with Crippen molar-refractivity contribution in [2.75, 3.05) is 0 Å². The van der Waals surface area contributed by atoms with Gasteiger partial charge in [0.25, 0.3) is 0 Å². The number of benzene rings is 9. The third-order valence-electron chi connectivity index (χ3n) is 9.89. The third kappa shape index (κ3) is 5.10. The summed E-state index contributed by atoms with van der Waals surface area (Å²) in [6.07, 6.45) is 0. The molecule has 0 aliphatic heterocycles. The molecule has 0 aromatic heterocycles. The lowest BCUT2D eigenvalue weighted by atomic mass is 9.75. The van der Waals surface area contributed by atoms with Gasteiger partial charge in [0.1, 0.15) is 0 Å². The van der Waals surface area contributed by atoms with Gasteiger partial charge in [0.05, 0.1) is 0 Å². The topological polar surface area (TPSA) is 0 Å². The zero-order valence-corrected chi connectivity index (χ0v) is 27.6. The first kappa shape index (κ1) is 29.6. The Morgan fingerprint density at radius 1 is 0.200 bits per heavy atom. The smallest absolute Gasteiger partial charge is 0.000763 e. The second-order valence-corrected chi connectivity index (χ2v) is 12.8. The molecule has 234 valence electrons. The van der Waals surface area contributed by atoms with Crippen LogP contribution in [-0.4, -0.2) is 0 Å². The molecule has 0 spiro atoms. The maximum atomic E-state index is 2.37. The molecule has 0 heterocycles. The first-order chi connectivity index (χ1) is 24.9. The molecule has 0 bridgehead atoms. The Morgan fingerprint density at radius 2 is 0.600 bits per heavy atom. The van der Waals surface area contributed by atoms with Crippen LogP contribution in [0.15, 0.2) is 206 Å². The van der Waals surface area contributed by atoms with Crippen molar-refractivity contribution in [2.45, 2.75) is 0 Å². The summed E-state index contributed by atoms with van der Waals surface area (Å²) in [5.74, 6) is 0. The Balaban J connectivity index is 1.58. The summed E-state index contributed by atoms with van der Waals surface area (Å²) in [7, 11) is 0. The number of hydrogen-bond acceptors (Lipinski definition) is 0. The van der Waals surface area contributed by atoms with Crippen LogP contribution in [0.3, 0.4) is 0 Å². The molecular formula is C50H34. The summed E-state index contributed by atoms with van der Waals surface area (Å²) in [5, 5.41) is 4.99. The van der Waals surface area contributed by atoms with Gasteiger partial charge in [0.2, 0.25) is 0 Å². The van der Waals surface area contributed by atoms with Gasteiger partial charge in [0, 0.05) is 0 Å². The van der Waals surface area contributed by atoms with Crippen molar-refractivity contribution in [3.8, 4) is 66.8 Å². The molecule has 0 aliphatic carbocycles. The number of fused-ring (bicyclic) bond motifs is 3. The molecule has 0 radical (unpaired) electrons. The lowest BCUT2D eigenvalue weighted by Gasteiger charge is -2.27. The van der Waals surface area contributed by atoms with Gasteiger partial charge in [-0.3, -0.25) is 0 Å². The number of rotatable bonds is 6. The molecule has 9 aromatic carbocycles. The molecule has 0 nitrogen and oxygen atoms in total. The van der Waals surface area contributed by atoms with Crippen LogP contribution in [0.1, 0.15) is 0 Å². The largest absolute Gasteiger partial charge is 0.0622 e. The van der Waals surface area contributed by atoms with Gasteiger partial charge < -0.3 is 0 Å². The fourth-order valence-corrected chi connectivity index (χ4v) is 7.74. The van der Waals surface area contributed by atoms with Gasteiger partial charge in [-0.1, -0.05) is 206 Å². The van der Waals surface area contributed by atoms with E-state index in [9.17, 15) is 0 Å². The molecule has 0 saturated heterocycles. The third-order valence-corrected chi connectivity index (χ3v) is 9.89. The van der Waals surface area contributed by atoms with Gasteiger partial charge in [-0.2, -0.15) is 0 Å². The molecule has 0 heteroatoms. The standard InChI is InChI=1S/C50H34/c1-5-19-35(20-6-1)40-28-15-17-31-43(40)49-45-34-33-37-23-13-14-30-42(37)48(45)46(38-24-9-3-10-25-38)47(39-26-11-4-12-27-39)50(49)44-32-18-16-29-41(44)36-21-7-2-8-22-36/h1-34H. The van der Waals surface area contributed by atoms with Crippen molar-refractivity contribution in [3.05, 3.63) is 206 Å². The maximum Gasteiger partial charge on any atom is -0.000763 e. The van der Waals surface area contributed by atoms with E-state index >= 15 is 0 Å². The van der Waals surface area contributed by atoms with Crippen LogP contribution >= 0.6 is 0 Å². The van der Waals surface area contributed by atoms with E-state index in [0.29, 0.717) is 0 Å². The average molecular weight is 635 g/mol. The summed E-state index contributed by atoms with van der Waals surface area (Å²) in [6, 6.07) is 75.1. The molecule has 0 unspecified atom stereocenters. The Hall–Kier alpha value is -6.50. The lowest BCUT2D eigenvalue weighted by Crippen LogP contribution is -2.00. The van der Waals surface area contributed by atoms with Gasteiger partial charge in [-0.05, 0) is 88.3 Å². The van der Waals surface area contributed by atoms with E-state index in [1.54, 1.807) is 0 Å². The van der Waals surface area contributed by atoms with Crippen molar-refractivity contribution in [2.24, 2.45) is 0 Å². The maximum absolute atomic E-state index is 2.37. The predicted molar refractivity (Wildman–Crippen MR) is 214 cm³/mol. The van der Waals surface area contributed by atoms with Crippen LogP contribution in [0.4, 0.5) is 0 Å². The molecule has 0 aliphatic rings. The Labute approximate surface area is 293 Å². The Morgan fingerprint density at radius 3 is 1.14 bits per heavy atom. The molecule has 0 saturated carbocycles. The van der Waals surface area contributed by atoms with E-state index in [0.717, 1.165) is 0 Å². The minimum absolute atomic E-state index is 1.19. The molecule has 9 aromatic rings. The average Bonchev–Trinajstić information content (AvgIpc) is 3.21. The fraction of sp³-hybridized carbons (Fsp3) is 0. The second kappa shape index (κ2) is 12.8. The molecule has 0 N–H and O–H groups in total. The SMILES string of the molecule is c1ccc(-c2ccccc2-c2c(-c3ccccc3)c(-c3ccccc3)c3c(ccc4ccccc43)c2-c2ccccc2-c2ccccc2)cc1. The van der Waals surface area contributed by atoms with Crippen molar-refractivity contribution >= 4 is 21.5 Å². The van der Waals surface area contributed by atoms with Crippen LogP contribution in [-0.2, 0) is 0 Å². The summed E-state index contributed by atoms with van der Waals surface area (Å²) in [6.45, 7) is 0. The monoisotopic (exact) mass is 634 g/mol. The minimum atomic E-state index is 1.19. The molecule has 50 heavy (non-hydrogen) atoms. The molecular weight excluding hydrogens is 601 g/mol. The van der Waals surface area contributed by atoms with Crippen LogP contribution in [0.2, 0.25) is 0 Å². The van der Waals surface area contributed by atoms with Gasteiger partial charge >= 0.3 is 0 Å². The highest BCUT2D eigenvalue weighted by atomic mass is 14.3. The normalized spacial score (nSPS) is 11.2. The molecule has 0 fully saturated rings. The van der Waals surface area contributed by atoms with E-state index in [2.05, 4.69) is 206 Å². The molecule has 0 atom stereocenters. The molecule has 0 amide bonds. The van der Waals surface area contributed by atoms with E-state index in [-0.39, 0.29) is 0 Å². The van der Waals surface area contributed by atoms with E-state index in [1.165, 1.54) is 88.3 Å². The predicted octanol–water partition coefficient (Wildman–Crippen LogP) is 14.0. The quantitative estimate of drug-likeness (QED) is 0.160. The highest BCUT2D eigenvalue weighted by Gasteiger charge is 2.27. The van der Waals surface area contributed by atoms with Gasteiger partial charge in [-0.25, -0.2) is 0 Å². The minimum Gasteiger partial charge on any atom is -0.0622 e. The van der Waals surface area contributed by atoms with E-state index in [4.69, 9.17) is 0 Å². The fourth-order valence-electron chi connectivity index (χ4n) is 7.74. The van der Waals surface area contributed by atoms with Crippen molar-refractivity contribution in [1.29, 1.82) is 0 Å². The Bertz CT molecular complexity index is 2600. The van der Waals surface area contributed by atoms with Crippen LogP contribution < -0.4 is 0 Å². The van der Waals surface area contributed by atoms with Crippen LogP contribution in [0.25, 0.3) is 88.3 Å². The lowest BCUT2D eigenvalue weighted by molar-refractivity contribution is 1.55. The van der Waals surface area contributed by atoms with Gasteiger partial charge in [-0.15, -0.1) is 0 Å². The zero-order chi connectivity index (χ0) is 33.3. The van der Waals surface area contributed by atoms with E-state index < -0.39 is 0 Å². The summed E-state index contributed by atoms with van der Waals surface area (Å²) < 4.78 is 0. The summed E-state index contributed by atoms with van der Waals surface area (Å²) in [5.41, 5.74) is 14.6. The first-order valence-corrected chi connectivity index (χ1v) is 17.3. The van der Waals surface area contributed by atoms with Gasteiger partial charge in [0.15, 0.2) is 0 Å². The molecule has 9 rings (SSSR count). The van der Waals surface area contributed by atoms with Crippen molar-refractivity contribution in [3.63, 3.8) is 0 Å². The van der Waals surface area contributed by atoms with Crippen molar-refractivity contribution < 1.29 is 0 Å². The highest BCUT2D eigenvalue weighted by molar-refractivity contribution is 6.26. The summed E-state index contributed by atoms with van der Waals surface area (Å²) >= 11 is 0. The zero-order valence-electron chi connectivity index (χ0n) is 27.6. The second-order valence-electron chi connectivity index (χ2n) is 12.8. The number of hydrogen-bond donors (Lipinski definition) is 0. The van der Waals surface area contributed by atoms with Crippen molar-refractivity contribution in [1.82, 2.24) is 0 Å².